The van der Waals surface area contributed by atoms with Crippen molar-refractivity contribution in [3.8, 4) is 0 Å². The number of carbonyl (C=O) groups excluding carboxylic acids is 1. The molecule has 0 aliphatic carbocycles. The van der Waals surface area contributed by atoms with E-state index in [0.717, 1.165) is 4.47 Å². The van der Waals surface area contributed by atoms with E-state index in [1.165, 1.54) is 0 Å². The van der Waals surface area contributed by atoms with Crippen molar-refractivity contribution in [2.24, 2.45) is 5.73 Å². The van der Waals surface area contributed by atoms with Crippen LogP contribution in [-0.4, -0.2) is 10.3 Å². The fourth-order valence-corrected chi connectivity index (χ4v) is 4.03. The first-order valence-corrected chi connectivity index (χ1v) is 7.85. The van der Waals surface area contributed by atoms with Crippen molar-refractivity contribution < 1.29 is 9.35 Å². The first kappa shape index (κ1) is 13.4. The second-order valence-electron chi connectivity index (χ2n) is 4.32. The monoisotopic (exact) mass is 347 g/mol. The van der Waals surface area contributed by atoms with Crippen LogP contribution in [0.3, 0.4) is 0 Å². The molecular weight excluding hydrogens is 338 g/mol. The fourth-order valence-electron chi connectivity index (χ4n) is 2.16. The molecule has 0 bridgehead atoms. The van der Waals surface area contributed by atoms with Gasteiger partial charge in [0, 0.05) is 21.2 Å². The third-order valence-corrected chi connectivity index (χ3v) is 5.35. The van der Waals surface area contributed by atoms with E-state index >= 15 is 0 Å². The Labute approximate surface area is 127 Å². The molecule has 2 N–H and O–H groups in total. The molecule has 1 atom stereocenters. The number of ketones is 1. The van der Waals surface area contributed by atoms with E-state index in [-0.39, 0.29) is 16.4 Å². The highest BCUT2D eigenvalue weighted by atomic mass is 79.9. The van der Waals surface area contributed by atoms with Gasteiger partial charge in [-0.25, -0.2) is 0 Å². The quantitative estimate of drug-likeness (QED) is 0.636. The highest BCUT2D eigenvalue weighted by Crippen LogP contribution is 2.37. The van der Waals surface area contributed by atoms with Gasteiger partial charge in [0.15, 0.2) is 4.90 Å². The second kappa shape index (κ2) is 5.09. The van der Waals surface area contributed by atoms with E-state index in [0.29, 0.717) is 16.0 Å². The molecular formula is C15H10BrNO2S. The molecule has 1 unspecified atom stereocenters. The lowest BCUT2D eigenvalue weighted by atomic mass is 10.1. The predicted octanol–water partition coefficient (Wildman–Crippen LogP) is 3.08. The van der Waals surface area contributed by atoms with Gasteiger partial charge in [-0.1, -0.05) is 46.3 Å². The Kier molecular flexibility index (Phi) is 3.41. The Morgan fingerprint density at radius 3 is 2.45 bits per heavy atom. The van der Waals surface area contributed by atoms with E-state index in [4.69, 9.17) is 5.73 Å². The van der Waals surface area contributed by atoms with Crippen molar-refractivity contribution >= 4 is 38.6 Å². The first-order chi connectivity index (χ1) is 9.61. The van der Waals surface area contributed by atoms with Crippen LogP contribution in [0, 0.1) is 0 Å². The van der Waals surface area contributed by atoms with Gasteiger partial charge in [-0.15, -0.1) is 0 Å². The number of halogens is 1. The van der Waals surface area contributed by atoms with Gasteiger partial charge >= 0.3 is 0 Å². The molecule has 3 rings (SSSR count). The van der Waals surface area contributed by atoms with E-state index < -0.39 is 11.2 Å². The minimum atomic E-state index is -1.52. The molecule has 2 aromatic carbocycles. The minimum absolute atomic E-state index is 0.165. The van der Waals surface area contributed by atoms with Crippen molar-refractivity contribution in [3.05, 3.63) is 69.0 Å². The second-order valence-corrected chi connectivity index (χ2v) is 6.56. The van der Waals surface area contributed by atoms with Crippen LogP contribution >= 0.6 is 15.9 Å². The maximum absolute atomic E-state index is 12.5. The summed E-state index contributed by atoms with van der Waals surface area (Å²) in [5.41, 5.74) is 7.50. The van der Waals surface area contributed by atoms with Gasteiger partial charge in [0.2, 0.25) is 10.7 Å². The molecule has 0 amide bonds. The molecule has 0 spiro atoms. The Bertz CT molecular complexity index is 742. The molecule has 1 aliphatic rings. The van der Waals surface area contributed by atoms with Crippen molar-refractivity contribution in [1.29, 1.82) is 0 Å². The zero-order valence-corrected chi connectivity index (χ0v) is 12.7. The summed E-state index contributed by atoms with van der Waals surface area (Å²) >= 11 is 1.87. The molecule has 0 saturated heterocycles. The van der Waals surface area contributed by atoms with Crippen molar-refractivity contribution in [2.75, 3.05) is 0 Å². The van der Waals surface area contributed by atoms with E-state index in [1.807, 2.05) is 18.2 Å². The lowest BCUT2D eigenvalue weighted by Gasteiger charge is -2.09. The molecule has 0 radical (unpaired) electrons. The summed E-state index contributed by atoms with van der Waals surface area (Å²) < 4.78 is 13.2. The standard InChI is InChI=1S/C15H10BrNO2S/c16-11-7-3-1-5-9(11)13(17)15-14(18)10-6-2-4-8-12(10)20(15)19/h1-8H,17H2. The van der Waals surface area contributed by atoms with Crippen molar-refractivity contribution in [2.45, 2.75) is 4.90 Å². The summed E-state index contributed by atoms with van der Waals surface area (Å²) in [5, 5.41) is 0. The fraction of sp³-hybridized carbons (Fsp3) is 0. The number of fused-ring (bicyclic) bond motifs is 1. The van der Waals surface area contributed by atoms with Gasteiger partial charge < -0.3 is 10.3 Å². The number of carbonyl (C=O) groups is 1. The largest absolute Gasteiger partial charge is 0.606 e. The number of hydrogen-bond donors (Lipinski definition) is 1. The molecule has 3 nitrogen and oxygen atoms in total. The zero-order valence-electron chi connectivity index (χ0n) is 10.3. The average molecular weight is 348 g/mol. The number of hydrogen-bond acceptors (Lipinski definition) is 3. The van der Waals surface area contributed by atoms with Crippen LogP contribution in [0.4, 0.5) is 0 Å². The number of benzene rings is 2. The van der Waals surface area contributed by atoms with E-state index in [1.54, 1.807) is 30.3 Å². The molecule has 0 aromatic heterocycles. The summed E-state index contributed by atoms with van der Waals surface area (Å²) in [6, 6.07) is 14.2. The third-order valence-electron chi connectivity index (χ3n) is 3.13. The SMILES string of the molecule is NC(=C1C(=O)c2ccccc2[S+]1[O-])c1ccccc1Br. The summed E-state index contributed by atoms with van der Waals surface area (Å²) in [6.45, 7) is 0. The van der Waals surface area contributed by atoms with Crippen molar-refractivity contribution in [3.63, 3.8) is 0 Å². The third kappa shape index (κ3) is 1.98. The maximum atomic E-state index is 12.5. The Balaban J connectivity index is 2.19. The van der Waals surface area contributed by atoms with Crippen LogP contribution in [0.15, 0.2) is 62.8 Å². The predicted molar refractivity (Wildman–Crippen MR) is 82.4 cm³/mol. The Morgan fingerprint density at radius 1 is 1.10 bits per heavy atom. The maximum Gasteiger partial charge on any atom is 0.248 e. The van der Waals surface area contributed by atoms with Crippen LogP contribution in [0.5, 0.6) is 0 Å². The van der Waals surface area contributed by atoms with Gasteiger partial charge in [0.25, 0.3) is 0 Å². The van der Waals surface area contributed by atoms with Crippen LogP contribution in [0.1, 0.15) is 15.9 Å². The number of allylic oxidation sites excluding steroid dienone is 1. The van der Waals surface area contributed by atoms with Crippen LogP contribution in [0.2, 0.25) is 0 Å². The van der Waals surface area contributed by atoms with Crippen molar-refractivity contribution in [1.82, 2.24) is 0 Å². The molecule has 0 saturated carbocycles. The molecule has 20 heavy (non-hydrogen) atoms. The normalized spacial score (nSPS) is 19.9. The van der Waals surface area contributed by atoms with Crippen LogP contribution in [-0.2, 0) is 11.2 Å². The highest BCUT2D eigenvalue weighted by molar-refractivity contribution is 9.10. The number of rotatable bonds is 1. The minimum Gasteiger partial charge on any atom is -0.606 e. The molecule has 1 heterocycles. The number of Topliss-reactive ketones (excluding diaryl/α,β-unsaturated/α-hetero) is 1. The summed E-state index contributed by atoms with van der Waals surface area (Å²) in [5.74, 6) is -0.257. The smallest absolute Gasteiger partial charge is 0.248 e. The first-order valence-electron chi connectivity index (χ1n) is 5.91. The van der Waals surface area contributed by atoms with Gasteiger partial charge in [-0.2, -0.15) is 0 Å². The highest BCUT2D eigenvalue weighted by Gasteiger charge is 2.41. The van der Waals surface area contributed by atoms with E-state index in [2.05, 4.69) is 15.9 Å². The van der Waals surface area contributed by atoms with Gasteiger partial charge in [-0.05, 0) is 18.2 Å². The Morgan fingerprint density at radius 2 is 1.75 bits per heavy atom. The summed E-state index contributed by atoms with van der Waals surface area (Å²) in [6.07, 6.45) is 0. The van der Waals surface area contributed by atoms with Crippen LogP contribution in [0.25, 0.3) is 5.70 Å². The molecule has 1 aliphatic heterocycles. The zero-order chi connectivity index (χ0) is 14.3. The van der Waals surface area contributed by atoms with Gasteiger partial charge in [-0.3, -0.25) is 4.79 Å². The van der Waals surface area contributed by atoms with Crippen LogP contribution < -0.4 is 5.73 Å². The van der Waals surface area contributed by atoms with Gasteiger partial charge in [0.05, 0.1) is 5.56 Å². The average Bonchev–Trinajstić information content (AvgIpc) is 2.71. The number of nitrogens with two attached hydrogens (primary N) is 1. The molecule has 0 fully saturated rings. The topological polar surface area (TPSA) is 66.2 Å². The lowest BCUT2D eigenvalue weighted by Crippen LogP contribution is -2.11. The summed E-state index contributed by atoms with van der Waals surface area (Å²) in [4.78, 5) is 13.1. The molecule has 2 aromatic rings. The van der Waals surface area contributed by atoms with Gasteiger partial charge in [0.1, 0.15) is 5.70 Å². The molecule has 100 valence electrons. The van der Waals surface area contributed by atoms with E-state index in [9.17, 15) is 9.35 Å². The summed E-state index contributed by atoms with van der Waals surface area (Å²) in [7, 11) is 0. The molecule has 5 heteroatoms. The Hall–Kier alpha value is -1.56. The lowest BCUT2D eigenvalue weighted by molar-refractivity contribution is 0.104.